The predicted molar refractivity (Wildman–Crippen MR) is 71.3 cm³/mol. The van der Waals surface area contributed by atoms with Gasteiger partial charge in [0.1, 0.15) is 0 Å². The number of carbonyl (C=O) groups is 1. The largest absolute Gasteiger partial charge is 0.416 e. The van der Waals surface area contributed by atoms with Gasteiger partial charge in [-0.3, -0.25) is 4.79 Å². The van der Waals surface area contributed by atoms with E-state index in [9.17, 15) is 18.0 Å². The Kier molecular flexibility index (Phi) is 5.38. The van der Waals surface area contributed by atoms with E-state index in [1.54, 1.807) is 18.0 Å². The SMILES string of the molecule is CNC(=O)CCN(C)c1ccc(CN)c(C(F)(F)F)c1. The number of hydrogen-bond donors (Lipinski definition) is 2. The van der Waals surface area contributed by atoms with Crippen LogP contribution in [-0.2, 0) is 17.5 Å². The number of nitrogens with zero attached hydrogens (tertiary/aromatic N) is 1. The predicted octanol–water partition coefficient (Wildman–Crippen LogP) is 1.74. The number of nitrogens with one attached hydrogen (secondary N) is 1. The van der Waals surface area contributed by atoms with Gasteiger partial charge in [-0.05, 0) is 17.7 Å². The number of rotatable bonds is 5. The summed E-state index contributed by atoms with van der Waals surface area (Å²) in [6, 6.07) is 4.00. The Balaban J connectivity index is 2.94. The van der Waals surface area contributed by atoms with Crippen molar-refractivity contribution >= 4 is 11.6 Å². The molecule has 112 valence electrons. The zero-order valence-electron chi connectivity index (χ0n) is 11.4. The second-order valence-electron chi connectivity index (χ2n) is 4.39. The molecular weight excluding hydrogens is 271 g/mol. The van der Waals surface area contributed by atoms with E-state index < -0.39 is 11.7 Å². The van der Waals surface area contributed by atoms with Crippen molar-refractivity contribution in [1.29, 1.82) is 0 Å². The van der Waals surface area contributed by atoms with Crippen LogP contribution >= 0.6 is 0 Å². The molecule has 7 heteroatoms. The summed E-state index contributed by atoms with van der Waals surface area (Å²) < 4.78 is 38.7. The average Bonchev–Trinajstić information content (AvgIpc) is 2.42. The Morgan fingerprint density at radius 2 is 2.05 bits per heavy atom. The van der Waals surface area contributed by atoms with Gasteiger partial charge in [0.2, 0.25) is 5.91 Å². The second kappa shape index (κ2) is 6.60. The van der Waals surface area contributed by atoms with Crippen molar-refractivity contribution in [2.75, 3.05) is 25.5 Å². The van der Waals surface area contributed by atoms with Crippen LogP contribution in [0.4, 0.5) is 18.9 Å². The molecule has 0 spiro atoms. The van der Waals surface area contributed by atoms with Crippen LogP contribution in [0.3, 0.4) is 0 Å². The molecule has 0 unspecified atom stereocenters. The Hall–Kier alpha value is -1.76. The third-order valence-electron chi connectivity index (χ3n) is 3.01. The molecule has 1 aromatic rings. The van der Waals surface area contributed by atoms with Crippen LogP contribution in [0.15, 0.2) is 18.2 Å². The Labute approximate surface area is 115 Å². The van der Waals surface area contributed by atoms with Crippen LogP contribution in [0.1, 0.15) is 17.5 Å². The monoisotopic (exact) mass is 289 g/mol. The number of halogens is 3. The van der Waals surface area contributed by atoms with Crippen molar-refractivity contribution < 1.29 is 18.0 Å². The second-order valence-corrected chi connectivity index (χ2v) is 4.39. The smallest absolute Gasteiger partial charge is 0.374 e. The topological polar surface area (TPSA) is 58.4 Å². The summed E-state index contributed by atoms with van der Waals surface area (Å²) in [7, 11) is 3.15. The van der Waals surface area contributed by atoms with E-state index in [0.29, 0.717) is 12.2 Å². The van der Waals surface area contributed by atoms with Crippen LogP contribution in [0.25, 0.3) is 0 Å². The number of nitrogens with two attached hydrogens (primary N) is 1. The number of anilines is 1. The van der Waals surface area contributed by atoms with Gasteiger partial charge >= 0.3 is 6.18 Å². The molecule has 0 atom stereocenters. The molecule has 0 aliphatic rings. The van der Waals surface area contributed by atoms with E-state index in [4.69, 9.17) is 5.73 Å². The summed E-state index contributed by atoms with van der Waals surface area (Å²) in [5.41, 5.74) is 5.05. The van der Waals surface area contributed by atoms with Crippen molar-refractivity contribution in [3.8, 4) is 0 Å². The number of carbonyl (C=O) groups excluding carboxylic acids is 1. The van der Waals surface area contributed by atoms with Gasteiger partial charge in [-0.15, -0.1) is 0 Å². The summed E-state index contributed by atoms with van der Waals surface area (Å²) in [4.78, 5) is 12.7. The maximum atomic E-state index is 12.9. The van der Waals surface area contributed by atoms with Gasteiger partial charge in [0, 0.05) is 39.3 Å². The molecule has 0 saturated heterocycles. The number of alkyl halides is 3. The molecular formula is C13H18F3N3O. The van der Waals surface area contributed by atoms with E-state index in [0.717, 1.165) is 6.07 Å². The lowest BCUT2D eigenvalue weighted by Crippen LogP contribution is -2.26. The van der Waals surface area contributed by atoms with E-state index >= 15 is 0 Å². The van der Waals surface area contributed by atoms with E-state index in [1.807, 2.05) is 0 Å². The molecule has 0 bridgehead atoms. The molecule has 0 saturated carbocycles. The first kappa shape index (κ1) is 16.3. The summed E-state index contributed by atoms with van der Waals surface area (Å²) in [6.07, 6.45) is -4.22. The van der Waals surface area contributed by atoms with Gasteiger partial charge < -0.3 is 16.0 Å². The standard InChI is InChI=1S/C13H18F3N3O/c1-18-12(20)5-6-19(2)10-4-3-9(8-17)11(7-10)13(14,15)16/h3-4,7H,5-6,8,17H2,1-2H3,(H,18,20). The third kappa shape index (κ3) is 4.12. The number of hydrogen-bond acceptors (Lipinski definition) is 3. The highest BCUT2D eigenvalue weighted by Gasteiger charge is 2.33. The fourth-order valence-electron chi connectivity index (χ4n) is 1.77. The van der Waals surface area contributed by atoms with Crippen molar-refractivity contribution in [3.05, 3.63) is 29.3 Å². The highest BCUT2D eigenvalue weighted by molar-refractivity contribution is 5.76. The van der Waals surface area contributed by atoms with Gasteiger partial charge in [0.15, 0.2) is 0 Å². The molecule has 0 aromatic heterocycles. The van der Waals surface area contributed by atoms with Crippen LogP contribution in [0, 0.1) is 0 Å². The molecule has 0 radical (unpaired) electrons. The molecule has 20 heavy (non-hydrogen) atoms. The normalized spacial score (nSPS) is 11.3. The van der Waals surface area contributed by atoms with E-state index in [1.165, 1.54) is 13.1 Å². The first-order chi connectivity index (χ1) is 9.29. The minimum Gasteiger partial charge on any atom is -0.374 e. The quantitative estimate of drug-likeness (QED) is 0.868. The maximum Gasteiger partial charge on any atom is 0.416 e. The van der Waals surface area contributed by atoms with Crippen LogP contribution in [0.2, 0.25) is 0 Å². The zero-order valence-corrected chi connectivity index (χ0v) is 11.4. The van der Waals surface area contributed by atoms with Gasteiger partial charge in [-0.1, -0.05) is 6.07 Å². The molecule has 0 fully saturated rings. The molecule has 0 aliphatic heterocycles. The summed E-state index contributed by atoms with van der Waals surface area (Å²) in [5, 5.41) is 2.46. The van der Waals surface area contributed by atoms with Crippen molar-refractivity contribution in [1.82, 2.24) is 5.32 Å². The van der Waals surface area contributed by atoms with Gasteiger partial charge in [0.05, 0.1) is 5.56 Å². The first-order valence-corrected chi connectivity index (χ1v) is 6.11. The van der Waals surface area contributed by atoms with Crippen molar-refractivity contribution in [2.45, 2.75) is 19.1 Å². The number of benzene rings is 1. The minimum absolute atomic E-state index is 0.0564. The van der Waals surface area contributed by atoms with E-state index in [-0.39, 0.29) is 24.4 Å². The Morgan fingerprint density at radius 1 is 1.40 bits per heavy atom. The molecule has 1 aromatic carbocycles. The molecule has 1 amide bonds. The van der Waals surface area contributed by atoms with Crippen LogP contribution < -0.4 is 16.0 Å². The van der Waals surface area contributed by atoms with Gasteiger partial charge in [-0.25, -0.2) is 0 Å². The molecule has 3 N–H and O–H groups in total. The highest BCUT2D eigenvalue weighted by Crippen LogP contribution is 2.34. The fourth-order valence-corrected chi connectivity index (χ4v) is 1.77. The zero-order chi connectivity index (χ0) is 15.3. The van der Waals surface area contributed by atoms with Crippen LogP contribution in [0.5, 0.6) is 0 Å². The molecule has 4 nitrogen and oxygen atoms in total. The lowest BCUT2D eigenvalue weighted by molar-refractivity contribution is -0.138. The third-order valence-corrected chi connectivity index (χ3v) is 3.01. The van der Waals surface area contributed by atoms with Gasteiger partial charge in [-0.2, -0.15) is 13.2 Å². The summed E-state index contributed by atoms with van der Waals surface area (Å²) in [5.74, 6) is -0.161. The van der Waals surface area contributed by atoms with E-state index in [2.05, 4.69) is 5.32 Å². The lowest BCUT2D eigenvalue weighted by atomic mass is 10.1. The number of amides is 1. The first-order valence-electron chi connectivity index (χ1n) is 6.11. The Bertz CT molecular complexity index is 474. The average molecular weight is 289 g/mol. The molecule has 0 heterocycles. The Morgan fingerprint density at radius 3 is 2.55 bits per heavy atom. The van der Waals surface area contributed by atoms with Crippen LogP contribution in [-0.4, -0.2) is 26.5 Å². The van der Waals surface area contributed by atoms with Crippen molar-refractivity contribution in [2.24, 2.45) is 5.73 Å². The summed E-state index contributed by atoms with van der Waals surface area (Å²) in [6.45, 7) is 0.163. The summed E-state index contributed by atoms with van der Waals surface area (Å²) >= 11 is 0. The fraction of sp³-hybridized carbons (Fsp3) is 0.462. The molecule has 0 aliphatic carbocycles. The van der Waals surface area contributed by atoms with Gasteiger partial charge in [0.25, 0.3) is 0 Å². The molecule has 1 rings (SSSR count). The minimum atomic E-state index is -4.44. The lowest BCUT2D eigenvalue weighted by Gasteiger charge is -2.21. The maximum absolute atomic E-state index is 12.9. The van der Waals surface area contributed by atoms with Crippen molar-refractivity contribution in [3.63, 3.8) is 0 Å². The highest BCUT2D eigenvalue weighted by atomic mass is 19.4.